The Morgan fingerprint density at radius 2 is 1.86 bits per heavy atom. The number of benzene rings is 2. The van der Waals surface area contributed by atoms with Gasteiger partial charge in [-0.05, 0) is 54.4 Å². The lowest BCUT2D eigenvalue weighted by atomic mass is 10.1. The Hall–Kier alpha value is -1.95. The van der Waals surface area contributed by atoms with Crippen molar-refractivity contribution >= 4 is 45.6 Å². The van der Waals surface area contributed by atoms with E-state index < -0.39 is 16.5 Å². The van der Waals surface area contributed by atoms with E-state index in [9.17, 15) is 13.6 Å². The van der Waals surface area contributed by atoms with Crippen LogP contribution in [0.3, 0.4) is 0 Å². The molecule has 2 aromatic rings. The molecule has 0 spiro atoms. The lowest BCUT2D eigenvalue weighted by molar-refractivity contribution is -0.107. The maximum absolute atomic E-state index is 11.7. The molecular weight excluding hydrogens is 322 g/mol. The van der Waals surface area contributed by atoms with Crippen LogP contribution in [-0.2, 0) is 16.1 Å². The summed E-state index contributed by atoms with van der Waals surface area (Å²) < 4.78 is 22.6. The standard InChI is InChI=1S/C16H14ClNO3S/c1-12-5-8-14(9-6-12)18(22(20)21)15-4-2-3-13(11-15)7-10-16(17)19/h2-11H,1H3,(H,20,21). The SMILES string of the molecule is Cc1ccc(N(c2cccc(C=CC(=O)Cl)c2)S(=O)O)cc1. The minimum atomic E-state index is -2.22. The second-order valence-corrected chi connectivity index (χ2v) is 5.79. The molecule has 114 valence electrons. The summed E-state index contributed by atoms with van der Waals surface area (Å²) in [6, 6.07) is 14.2. The molecule has 0 fully saturated rings. The van der Waals surface area contributed by atoms with E-state index in [4.69, 9.17) is 11.6 Å². The van der Waals surface area contributed by atoms with Crippen LogP contribution in [0.15, 0.2) is 54.6 Å². The summed E-state index contributed by atoms with van der Waals surface area (Å²) in [4.78, 5) is 10.8. The monoisotopic (exact) mass is 335 g/mol. The molecule has 0 aromatic heterocycles. The van der Waals surface area contributed by atoms with E-state index in [1.54, 1.807) is 42.5 Å². The maximum Gasteiger partial charge on any atom is 0.266 e. The molecule has 0 bridgehead atoms. The number of nitrogens with zero attached hydrogens (tertiary/aromatic N) is 1. The third-order valence-electron chi connectivity index (χ3n) is 2.94. The molecule has 0 heterocycles. The van der Waals surface area contributed by atoms with Crippen LogP contribution in [0.2, 0.25) is 0 Å². The predicted octanol–water partition coefficient (Wildman–Crippen LogP) is 4.05. The number of hydrogen-bond acceptors (Lipinski definition) is 2. The van der Waals surface area contributed by atoms with Gasteiger partial charge >= 0.3 is 0 Å². The van der Waals surface area contributed by atoms with Crippen molar-refractivity contribution in [3.63, 3.8) is 0 Å². The first kappa shape index (κ1) is 16.4. The Labute approximate surface area is 136 Å². The van der Waals surface area contributed by atoms with Crippen molar-refractivity contribution in [2.24, 2.45) is 0 Å². The van der Waals surface area contributed by atoms with Crippen LogP contribution in [-0.4, -0.2) is 14.0 Å². The molecule has 0 aliphatic carbocycles. The molecule has 0 radical (unpaired) electrons. The van der Waals surface area contributed by atoms with Gasteiger partial charge in [-0.1, -0.05) is 35.9 Å². The van der Waals surface area contributed by atoms with Crippen molar-refractivity contribution in [2.45, 2.75) is 6.92 Å². The second kappa shape index (κ2) is 7.35. The van der Waals surface area contributed by atoms with E-state index in [0.29, 0.717) is 16.9 Å². The zero-order valence-electron chi connectivity index (χ0n) is 11.8. The topological polar surface area (TPSA) is 57.6 Å². The molecule has 0 aliphatic heterocycles. The molecule has 0 saturated carbocycles. The van der Waals surface area contributed by atoms with E-state index in [0.717, 1.165) is 5.56 Å². The Balaban J connectivity index is 2.41. The largest absolute Gasteiger partial charge is 0.289 e. The van der Waals surface area contributed by atoms with Crippen LogP contribution in [0.25, 0.3) is 6.08 Å². The summed E-state index contributed by atoms with van der Waals surface area (Å²) in [5, 5.41) is -0.577. The number of halogens is 1. The first-order chi connectivity index (χ1) is 10.5. The average molecular weight is 336 g/mol. The van der Waals surface area contributed by atoms with E-state index >= 15 is 0 Å². The number of rotatable bonds is 5. The number of aryl methyl sites for hydroxylation is 1. The molecule has 0 amide bonds. The Morgan fingerprint density at radius 3 is 2.45 bits per heavy atom. The number of allylic oxidation sites excluding steroid dienone is 1. The highest BCUT2D eigenvalue weighted by Crippen LogP contribution is 2.28. The average Bonchev–Trinajstić information content (AvgIpc) is 2.47. The summed E-state index contributed by atoms with van der Waals surface area (Å²) >= 11 is 3.05. The third kappa shape index (κ3) is 4.27. The number of anilines is 2. The van der Waals surface area contributed by atoms with Gasteiger partial charge in [0.25, 0.3) is 11.3 Å². The van der Waals surface area contributed by atoms with Gasteiger partial charge in [-0.3, -0.25) is 9.35 Å². The van der Waals surface area contributed by atoms with Gasteiger partial charge in [-0.25, -0.2) is 8.51 Å². The number of carbonyl (C=O) groups is 1. The van der Waals surface area contributed by atoms with E-state index in [-0.39, 0.29) is 0 Å². The van der Waals surface area contributed by atoms with Crippen molar-refractivity contribution < 1.29 is 13.6 Å². The summed E-state index contributed by atoms with van der Waals surface area (Å²) in [6.07, 6.45) is 2.78. The highest BCUT2D eigenvalue weighted by molar-refractivity contribution is 7.81. The fourth-order valence-electron chi connectivity index (χ4n) is 1.93. The van der Waals surface area contributed by atoms with Gasteiger partial charge in [0.1, 0.15) is 0 Å². The first-order valence-electron chi connectivity index (χ1n) is 6.43. The summed E-state index contributed by atoms with van der Waals surface area (Å²) in [7, 11) is 0. The second-order valence-electron chi connectivity index (χ2n) is 4.59. The quantitative estimate of drug-likeness (QED) is 0.509. The van der Waals surface area contributed by atoms with Gasteiger partial charge in [0.05, 0.1) is 11.4 Å². The minimum absolute atomic E-state index is 0.536. The van der Waals surface area contributed by atoms with Crippen LogP contribution in [0.4, 0.5) is 11.4 Å². The van der Waals surface area contributed by atoms with Crippen molar-refractivity contribution in [1.82, 2.24) is 0 Å². The van der Waals surface area contributed by atoms with Gasteiger partial charge in [0.15, 0.2) is 0 Å². The van der Waals surface area contributed by atoms with E-state index in [1.807, 2.05) is 19.1 Å². The molecule has 2 aromatic carbocycles. The summed E-state index contributed by atoms with van der Waals surface area (Å²) in [5.74, 6) is 0. The highest BCUT2D eigenvalue weighted by Gasteiger charge is 2.15. The van der Waals surface area contributed by atoms with Crippen LogP contribution >= 0.6 is 11.6 Å². The van der Waals surface area contributed by atoms with Crippen LogP contribution in [0.1, 0.15) is 11.1 Å². The zero-order valence-corrected chi connectivity index (χ0v) is 13.3. The zero-order chi connectivity index (χ0) is 16.1. The van der Waals surface area contributed by atoms with Crippen molar-refractivity contribution in [3.8, 4) is 0 Å². The fraction of sp³-hybridized carbons (Fsp3) is 0.0625. The Bertz CT molecular complexity index is 728. The smallest absolute Gasteiger partial charge is 0.266 e. The fourth-order valence-corrected chi connectivity index (χ4v) is 2.59. The predicted molar refractivity (Wildman–Crippen MR) is 90.4 cm³/mol. The van der Waals surface area contributed by atoms with E-state index in [2.05, 4.69) is 0 Å². The molecular formula is C16H14ClNO3S. The Kier molecular flexibility index (Phi) is 5.49. The molecule has 0 aliphatic rings. The third-order valence-corrected chi connectivity index (χ3v) is 3.80. The van der Waals surface area contributed by atoms with Crippen molar-refractivity contribution in [2.75, 3.05) is 4.31 Å². The molecule has 1 unspecified atom stereocenters. The highest BCUT2D eigenvalue weighted by atomic mass is 35.5. The van der Waals surface area contributed by atoms with Gasteiger partial charge in [0.2, 0.25) is 5.24 Å². The molecule has 0 saturated heterocycles. The van der Waals surface area contributed by atoms with Crippen LogP contribution < -0.4 is 4.31 Å². The molecule has 2 rings (SSSR count). The molecule has 1 N–H and O–H groups in total. The van der Waals surface area contributed by atoms with Gasteiger partial charge in [0, 0.05) is 0 Å². The molecule has 22 heavy (non-hydrogen) atoms. The van der Waals surface area contributed by atoms with Crippen molar-refractivity contribution in [3.05, 3.63) is 65.7 Å². The lowest BCUT2D eigenvalue weighted by Crippen LogP contribution is -2.19. The van der Waals surface area contributed by atoms with E-state index in [1.165, 1.54) is 10.4 Å². The van der Waals surface area contributed by atoms with Gasteiger partial charge in [-0.2, -0.15) is 0 Å². The number of hydrogen-bond donors (Lipinski definition) is 1. The lowest BCUT2D eigenvalue weighted by Gasteiger charge is -2.20. The van der Waals surface area contributed by atoms with Crippen LogP contribution in [0.5, 0.6) is 0 Å². The molecule has 4 nitrogen and oxygen atoms in total. The molecule has 1 atom stereocenters. The summed E-state index contributed by atoms with van der Waals surface area (Å²) in [5.41, 5.74) is 2.90. The van der Waals surface area contributed by atoms with Crippen LogP contribution in [0, 0.1) is 6.92 Å². The van der Waals surface area contributed by atoms with Gasteiger partial charge in [-0.15, -0.1) is 0 Å². The van der Waals surface area contributed by atoms with Gasteiger partial charge < -0.3 is 0 Å². The number of carbonyl (C=O) groups excluding carboxylic acids is 1. The van der Waals surface area contributed by atoms with Crippen molar-refractivity contribution in [1.29, 1.82) is 0 Å². The first-order valence-corrected chi connectivity index (χ1v) is 7.87. The Morgan fingerprint density at radius 1 is 1.18 bits per heavy atom. The maximum atomic E-state index is 11.7. The molecule has 6 heteroatoms. The summed E-state index contributed by atoms with van der Waals surface area (Å²) in [6.45, 7) is 1.94. The minimum Gasteiger partial charge on any atom is -0.289 e. The normalized spacial score (nSPS) is 12.3.